The molecule has 0 bridgehead atoms. The molecule has 1 aromatic carbocycles. The SMILES string of the molecule is Cc1ccc(/C=N\NC(=O)COc2ccc(C3SCCS3)cc2)s1. The van der Waals surface area contributed by atoms with Gasteiger partial charge in [-0.15, -0.1) is 34.9 Å². The Hall–Kier alpha value is -1.44. The van der Waals surface area contributed by atoms with Crippen LogP contribution in [0.25, 0.3) is 0 Å². The fourth-order valence-corrected chi connectivity index (χ4v) is 5.75. The molecule has 3 rings (SSSR count). The molecule has 0 aliphatic carbocycles. The van der Waals surface area contributed by atoms with E-state index < -0.39 is 0 Å². The van der Waals surface area contributed by atoms with Gasteiger partial charge in [-0.1, -0.05) is 12.1 Å². The van der Waals surface area contributed by atoms with Crippen molar-refractivity contribution in [3.63, 3.8) is 0 Å². The lowest BCUT2D eigenvalue weighted by molar-refractivity contribution is -0.123. The number of ether oxygens (including phenoxy) is 1. The molecule has 1 aliphatic heterocycles. The monoisotopic (exact) mass is 378 g/mol. The summed E-state index contributed by atoms with van der Waals surface area (Å²) in [6.07, 6.45) is 1.64. The molecule has 0 radical (unpaired) electrons. The van der Waals surface area contributed by atoms with Crippen molar-refractivity contribution in [2.75, 3.05) is 18.1 Å². The molecule has 24 heavy (non-hydrogen) atoms. The summed E-state index contributed by atoms with van der Waals surface area (Å²) < 4.78 is 6.02. The van der Waals surface area contributed by atoms with Crippen molar-refractivity contribution >= 4 is 47.0 Å². The number of hydrogen-bond donors (Lipinski definition) is 1. The van der Waals surface area contributed by atoms with Gasteiger partial charge in [-0.3, -0.25) is 4.79 Å². The van der Waals surface area contributed by atoms with Crippen molar-refractivity contribution in [1.82, 2.24) is 5.43 Å². The predicted molar refractivity (Wildman–Crippen MR) is 104 cm³/mol. The molecule has 2 heterocycles. The average Bonchev–Trinajstić information content (AvgIpc) is 3.25. The summed E-state index contributed by atoms with van der Waals surface area (Å²) in [5.41, 5.74) is 3.77. The van der Waals surface area contributed by atoms with Crippen molar-refractivity contribution in [2.24, 2.45) is 5.10 Å². The summed E-state index contributed by atoms with van der Waals surface area (Å²) in [5.74, 6) is 2.84. The van der Waals surface area contributed by atoms with Gasteiger partial charge in [0.15, 0.2) is 6.61 Å². The van der Waals surface area contributed by atoms with E-state index in [1.807, 2.05) is 54.7 Å². The molecule has 1 fully saturated rings. The molecule has 1 amide bonds. The number of nitrogens with zero attached hydrogens (tertiary/aromatic N) is 1. The Morgan fingerprint density at radius 1 is 1.25 bits per heavy atom. The number of carbonyl (C=O) groups is 1. The van der Waals surface area contributed by atoms with Gasteiger partial charge in [0.2, 0.25) is 0 Å². The highest BCUT2D eigenvalue weighted by molar-refractivity contribution is 8.19. The Bertz CT molecular complexity index is 707. The third-order valence-corrected chi connectivity index (χ3v) is 7.33. The lowest BCUT2D eigenvalue weighted by Crippen LogP contribution is -2.24. The van der Waals surface area contributed by atoms with Gasteiger partial charge in [-0.25, -0.2) is 5.43 Å². The highest BCUT2D eigenvalue weighted by Crippen LogP contribution is 2.45. The molecule has 4 nitrogen and oxygen atoms in total. The molecule has 7 heteroatoms. The van der Waals surface area contributed by atoms with Crippen LogP contribution in [0.3, 0.4) is 0 Å². The normalized spacial score (nSPS) is 15.0. The summed E-state index contributed by atoms with van der Waals surface area (Å²) >= 11 is 5.57. The van der Waals surface area contributed by atoms with Gasteiger partial charge in [0.05, 0.1) is 10.8 Å². The summed E-state index contributed by atoms with van der Waals surface area (Å²) in [7, 11) is 0. The zero-order chi connectivity index (χ0) is 16.8. The van der Waals surface area contributed by atoms with E-state index in [1.54, 1.807) is 17.6 Å². The molecule has 1 aliphatic rings. The van der Waals surface area contributed by atoms with Crippen LogP contribution in [0.5, 0.6) is 5.75 Å². The highest BCUT2D eigenvalue weighted by Gasteiger charge is 2.17. The number of aryl methyl sites for hydroxylation is 1. The zero-order valence-corrected chi connectivity index (χ0v) is 15.7. The molecular weight excluding hydrogens is 360 g/mol. The number of thiophene rings is 1. The minimum atomic E-state index is -0.273. The van der Waals surface area contributed by atoms with Gasteiger partial charge < -0.3 is 4.74 Å². The number of amides is 1. The fraction of sp³-hybridized carbons (Fsp3) is 0.294. The van der Waals surface area contributed by atoms with Gasteiger partial charge in [0.1, 0.15) is 5.75 Å². The number of hydrazone groups is 1. The number of benzene rings is 1. The summed E-state index contributed by atoms with van der Waals surface area (Å²) in [4.78, 5) is 14.0. The first-order chi connectivity index (χ1) is 11.7. The molecule has 126 valence electrons. The van der Waals surface area contributed by atoms with Gasteiger partial charge in [-0.2, -0.15) is 5.10 Å². The lowest BCUT2D eigenvalue weighted by Gasteiger charge is -2.09. The lowest BCUT2D eigenvalue weighted by atomic mass is 10.2. The molecule has 2 aromatic rings. The number of rotatable bonds is 6. The number of carbonyl (C=O) groups excluding carboxylic acids is 1. The van der Waals surface area contributed by atoms with Crippen molar-refractivity contribution in [3.05, 3.63) is 51.7 Å². The standard InChI is InChI=1S/C17H18N2O2S3/c1-12-2-7-15(24-12)10-18-19-16(20)11-21-14-5-3-13(4-6-14)17-22-8-9-23-17/h2-7,10,17H,8-9,11H2,1H3,(H,19,20)/b18-10-. The van der Waals surface area contributed by atoms with Crippen LogP contribution in [0.1, 0.15) is 19.9 Å². The van der Waals surface area contributed by atoms with Crippen molar-refractivity contribution in [1.29, 1.82) is 0 Å². The first kappa shape index (κ1) is 17.4. The van der Waals surface area contributed by atoms with E-state index in [2.05, 4.69) is 22.7 Å². The third-order valence-electron chi connectivity index (χ3n) is 3.29. The van der Waals surface area contributed by atoms with E-state index in [9.17, 15) is 4.79 Å². The Kier molecular flexibility index (Phi) is 6.23. The molecule has 1 N–H and O–H groups in total. The Morgan fingerprint density at radius 3 is 2.67 bits per heavy atom. The largest absolute Gasteiger partial charge is 0.484 e. The van der Waals surface area contributed by atoms with E-state index in [1.165, 1.54) is 21.9 Å². The average molecular weight is 379 g/mol. The Balaban J connectivity index is 1.43. The quantitative estimate of drug-likeness (QED) is 0.608. The fourth-order valence-electron chi connectivity index (χ4n) is 2.14. The predicted octanol–water partition coefficient (Wildman–Crippen LogP) is 4.06. The van der Waals surface area contributed by atoms with E-state index in [0.29, 0.717) is 10.3 Å². The number of thioether (sulfide) groups is 2. The minimum absolute atomic E-state index is 0.0485. The van der Waals surface area contributed by atoms with Gasteiger partial charge in [0.25, 0.3) is 5.91 Å². The topological polar surface area (TPSA) is 50.7 Å². The Morgan fingerprint density at radius 2 is 2.00 bits per heavy atom. The molecular formula is C17H18N2O2S3. The van der Waals surface area contributed by atoms with E-state index in [-0.39, 0.29) is 12.5 Å². The summed E-state index contributed by atoms with van der Waals surface area (Å²) in [6, 6.07) is 12.0. The van der Waals surface area contributed by atoms with Crippen LogP contribution in [-0.4, -0.2) is 30.2 Å². The first-order valence-corrected chi connectivity index (χ1v) is 10.5. The highest BCUT2D eigenvalue weighted by atomic mass is 32.2. The van der Waals surface area contributed by atoms with Crippen LogP contribution in [0, 0.1) is 6.92 Å². The van der Waals surface area contributed by atoms with Gasteiger partial charge in [0, 0.05) is 21.3 Å². The zero-order valence-electron chi connectivity index (χ0n) is 13.2. The van der Waals surface area contributed by atoms with E-state index in [4.69, 9.17) is 4.74 Å². The van der Waals surface area contributed by atoms with Crippen molar-refractivity contribution in [2.45, 2.75) is 11.5 Å². The molecule has 1 saturated heterocycles. The van der Waals surface area contributed by atoms with Crippen LogP contribution in [-0.2, 0) is 4.79 Å². The second-order valence-electron chi connectivity index (χ2n) is 5.17. The van der Waals surface area contributed by atoms with Crippen molar-refractivity contribution < 1.29 is 9.53 Å². The maximum atomic E-state index is 11.7. The molecule has 0 unspecified atom stereocenters. The number of nitrogens with one attached hydrogen (secondary N) is 1. The smallest absolute Gasteiger partial charge is 0.277 e. The van der Waals surface area contributed by atoms with Crippen LogP contribution in [0.15, 0.2) is 41.5 Å². The third kappa shape index (κ3) is 5.03. The second-order valence-corrected chi connectivity index (χ2v) is 9.22. The molecule has 1 aromatic heterocycles. The van der Waals surface area contributed by atoms with Crippen molar-refractivity contribution in [3.8, 4) is 5.75 Å². The minimum Gasteiger partial charge on any atom is -0.484 e. The van der Waals surface area contributed by atoms with Gasteiger partial charge >= 0.3 is 0 Å². The van der Waals surface area contributed by atoms with E-state index >= 15 is 0 Å². The van der Waals surface area contributed by atoms with E-state index in [0.717, 1.165) is 4.88 Å². The summed E-state index contributed by atoms with van der Waals surface area (Å²) in [5, 5.41) is 3.93. The van der Waals surface area contributed by atoms with Crippen LogP contribution in [0.4, 0.5) is 0 Å². The first-order valence-electron chi connectivity index (χ1n) is 7.55. The van der Waals surface area contributed by atoms with Crippen LogP contribution >= 0.6 is 34.9 Å². The maximum Gasteiger partial charge on any atom is 0.277 e. The van der Waals surface area contributed by atoms with Gasteiger partial charge in [-0.05, 0) is 36.8 Å². The Labute approximate surface area is 154 Å². The van der Waals surface area contributed by atoms with Crippen LogP contribution in [0.2, 0.25) is 0 Å². The maximum absolute atomic E-state index is 11.7. The molecule has 0 saturated carbocycles. The second kappa shape index (κ2) is 8.60. The van der Waals surface area contributed by atoms with Crippen LogP contribution < -0.4 is 10.2 Å². The number of hydrogen-bond acceptors (Lipinski definition) is 6. The summed E-state index contributed by atoms with van der Waals surface area (Å²) in [6.45, 7) is 1.98. The molecule has 0 atom stereocenters. The molecule has 0 spiro atoms.